The Kier molecular flexibility index (Phi) is 3.04. The Hall–Kier alpha value is -1.22. The van der Waals surface area contributed by atoms with Crippen LogP contribution < -0.4 is 9.64 Å². The molecule has 17 heavy (non-hydrogen) atoms. The molecule has 1 aromatic rings. The molecular formula is C13H16ClNO2. The third-order valence-corrected chi connectivity index (χ3v) is 3.44. The maximum atomic E-state index is 11.6. The number of ether oxygens (including phenoxy) is 1. The first kappa shape index (κ1) is 12.2. The zero-order valence-electron chi connectivity index (χ0n) is 10.3. The number of anilines is 1. The van der Waals surface area contributed by atoms with E-state index in [-0.39, 0.29) is 11.3 Å². The molecule has 0 N–H and O–H groups in total. The number of hydrogen-bond donors (Lipinski definition) is 0. The lowest BCUT2D eigenvalue weighted by Gasteiger charge is -2.32. The molecule has 0 unspecified atom stereocenters. The molecule has 0 bridgehead atoms. The molecule has 4 heteroatoms. The molecule has 1 aliphatic heterocycles. The highest BCUT2D eigenvalue weighted by Crippen LogP contribution is 2.35. The molecule has 2 rings (SSSR count). The van der Waals surface area contributed by atoms with Crippen LogP contribution in [0.15, 0.2) is 18.2 Å². The van der Waals surface area contributed by atoms with E-state index in [2.05, 4.69) is 18.7 Å². The summed E-state index contributed by atoms with van der Waals surface area (Å²) in [5.74, 6) is 0.917. The van der Waals surface area contributed by atoms with Crippen molar-refractivity contribution in [3.8, 4) is 5.75 Å². The minimum absolute atomic E-state index is 0.144. The van der Waals surface area contributed by atoms with Crippen LogP contribution in [-0.2, 0) is 4.79 Å². The highest BCUT2D eigenvalue weighted by Gasteiger charge is 2.37. The van der Waals surface area contributed by atoms with Crippen LogP contribution in [0, 0.1) is 0 Å². The second-order valence-corrected chi connectivity index (χ2v) is 5.34. The summed E-state index contributed by atoms with van der Waals surface area (Å²) in [6.45, 7) is 4.59. The van der Waals surface area contributed by atoms with Crippen molar-refractivity contribution in [3.05, 3.63) is 23.2 Å². The third kappa shape index (κ3) is 2.25. The molecule has 0 amide bonds. The lowest BCUT2D eigenvalue weighted by atomic mass is 10.0. The number of rotatable bonds is 2. The monoisotopic (exact) mass is 253 g/mol. The number of benzene rings is 1. The molecule has 0 atom stereocenters. The van der Waals surface area contributed by atoms with E-state index < -0.39 is 0 Å². The molecule has 3 nitrogen and oxygen atoms in total. The van der Waals surface area contributed by atoms with Crippen molar-refractivity contribution in [2.45, 2.75) is 25.8 Å². The Morgan fingerprint density at radius 1 is 1.41 bits per heavy atom. The van der Waals surface area contributed by atoms with Crippen LogP contribution in [0.25, 0.3) is 0 Å². The van der Waals surface area contributed by atoms with Gasteiger partial charge in [-0.2, -0.15) is 0 Å². The number of carbonyl (C=O) groups is 1. The summed E-state index contributed by atoms with van der Waals surface area (Å²) in [5.41, 5.74) is 0.821. The van der Waals surface area contributed by atoms with Gasteiger partial charge in [0.25, 0.3) is 0 Å². The first-order valence-corrected chi connectivity index (χ1v) is 5.95. The summed E-state index contributed by atoms with van der Waals surface area (Å²) in [7, 11) is 1.59. The van der Waals surface area contributed by atoms with Gasteiger partial charge in [-0.15, -0.1) is 0 Å². The summed E-state index contributed by atoms with van der Waals surface area (Å²) in [6, 6.07) is 5.61. The molecule has 0 aromatic heterocycles. The van der Waals surface area contributed by atoms with Crippen LogP contribution in [-0.4, -0.2) is 25.0 Å². The molecule has 0 radical (unpaired) electrons. The molecule has 1 aliphatic rings. The van der Waals surface area contributed by atoms with Gasteiger partial charge in [0.05, 0.1) is 18.7 Å². The highest BCUT2D eigenvalue weighted by atomic mass is 35.5. The van der Waals surface area contributed by atoms with Gasteiger partial charge in [-0.1, -0.05) is 11.6 Å². The second-order valence-electron chi connectivity index (χ2n) is 4.93. The van der Waals surface area contributed by atoms with Crippen molar-refractivity contribution in [1.82, 2.24) is 0 Å². The standard InChI is InChI=1S/C13H16ClNO2/c1-13(2)7-10(16)8-15(13)9-4-5-12(17-3)11(14)6-9/h4-6H,7-8H2,1-3H3. The number of ketones is 1. The number of hydrogen-bond acceptors (Lipinski definition) is 3. The number of nitrogens with zero attached hydrogens (tertiary/aromatic N) is 1. The van der Waals surface area contributed by atoms with Gasteiger partial charge in [0.2, 0.25) is 0 Å². The van der Waals surface area contributed by atoms with E-state index >= 15 is 0 Å². The smallest absolute Gasteiger partial charge is 0.154 e. The van der Waals surface area contributed by atoms with Gasteiger partial charge < -0.3 is 9.64 Å². The van der Waals surface area contributed by atoms with Crippen molar-refractivity contribution >= 4 is 23.1 Å². The second kappa shape index (κ2) is 4.22. The summed E-state index contributed by atoms with van der Waals surface area (Å²) < 4.78 is 5.12. The predicted molar refractivity (Wildman–Crippen MR) is 69.1 cm³/mol. The normalized spacial score (nSPS) is 18.6. The average molecular weight is 254 g/mol. The Morgan fingerprint density at radius 2 is 2.12 bits per heavy atom. The minimum atomic E-state index is -0.144. The third-order valence-electron chi connectivity index (χ3n) is 3.14. The van der Waals surface area contributed by atoms with Gasteiger partial charge in [-0.05, 0) is 32.0 Å². The van der Waals surface area contributed by atoms with Crippen LogP contribution >= 0.6 is 11.6 Å². The first-order valence-electron chi connectivity index (χ1n) is 5.57. The van der Waals surface area contributed by atoms with Gasteiger partial charge >= 0.3 is 0 Å². The summed E-state index contributed by atoms with van der Waals surface area (Å²) in [4.78, 5) is 13.6. The molecule has 0 saturated carbocycles. The highest BCUT2D eigenvalue weighted by molar-refractivity contribution is 6.32. The van der Waals surface area contributed by atoms with Crippen molar-refractivity contribution in [3.63, 3.8) is 0 Å². The van der Waals surface area contributed by atoms with E-state index in [1.54, 1.807) is 7.11 Å². The van der Waals surface area contributed by atoms with Gasteiger partial charge in [0, 0.05) is 17.6 Å². The summed E-state index contributed by atoms with van der Waals surface area (Å²) in [6.07, 6.45) is 0.580. The quantitative estimate of drug-likeness (QED) is 0.812. The molecular weight excluding hydrogens is 238 g/mol. The van der Waals surface area contributed by atoms with Crippen molar-refractivity contribution in [1.29, 1.82) is 0 Å². The lowest BCUT2D eigenvalue weighted by Crippen LogP contribution is -2.38. The van der Waals surface area contributed by atoms with Gasteiger partial charge in [0.15, 0.2) is 5.78 Å². The Balaban J connectivity index is 2.35. The van der Waals surface area contributed by atoms with Gasteiger partial charge in [0.1, 0.15) is 5.75 Å². The molecule has 1 fully saturated rings. The maximum absolute atomic E-state index is 11.6. The van der Waals surface area contributed by atoms with Crippen LogP contribution in [0.3, 0.4) is 0 Å². The molecule has 1 heterocycles. The van der Waals surface area contributed by atoms with E-state index in [4.69, 9.17) is 16.3 Å². The zero-order valence-corrected chi connectivity index (χ0v) is 11.0. The van der Waals surface area contributed by atoms with E-state index in [9.17, 15) is 4.79 Å². The number of carbonyl (C=O) groups excluding carboxylic acids is 1. The Bertz CT molecular complexity index is 457. The maximum Gasteiger partial charge on any atom is 0.154 e. The molecule has 1 saturated heterocycles. The van der Waals surface area contributed by atoms with Crippen molar-refractivity contribution in [2.24, 2.45) is 0 Å². The Morgan fingerprint density at radius 3 is 2.59 bits per heavy atom. The van der Waals surface area contributed by atoms with Gasteiger partial charge in [-0.25, -0.2) is 0 Å². The largest absolute Gasteiger partial charge is 0.495 e. The van der Waals surface area contributed by atoms with Crippen LogP contribution in [0.1, 0.15) is 20.3 Å². The van der Waals surface area contributed by atoms with Crippen molar-refractivity contribution < 1.29 is 9.53 Å². The van der Waals surface area contributed by atoms with E-state index in [0.29, 0.717) is 23.7 Å². The Labute approximate surface area is 106 Å². The fourth-order valence-electron chi connectivity index (χ4n) is 2.29. The fraction of sp³-hybridized carbons (Fsp3) is 0.462. The van der Waals surface area contributed by atoms with E-state index in [0.717, 1.165) is 5.69 Å². The van der Waals surface area contributed by atoms with Crippen LogP contribution in [0.5, 0.6) is 5.75 Å². The SMILES string of the molecule is COc1ccc(N2CC(=O)CC2(C)C)cc1Cl. The van der Waals surface area contributed by atoms with Crippen LogP contribution in [0.2, 0.25) is 5.02 Å². The summed E-state index contributed by atoms with van der Waals surface area (Å²) >= 11 is 6.10. The molecule has 0 aliphatic carbocycles. The number of Topliss-reactive ketones (excluding diaryl/α,β-unsaturated/α-hetero) is 1. The van der Waals surface area contributed by atoms with Crippen molar-refractivity contribution in [2.75, 3.05) is 18.6 Å². The lowest BCUT2D eigenvalue weighted by molar-refractivity contribution is -0.116. The van der Waals surface area contributed by atoms with Gasteiger partial charge in [-0.3, -0.25) is 4.79 Å². The van der Waals surface area contributed by atoms with E-state index in [1.807, 2.05) is 18.2 Å². The minimum Gasteiger partial charge on any atom is -0.495 e. The summed E-state index contributed by atoms with van der Waals surface area (Å²) in [5, 5.41) is 0.570. The average Bonchev–Trinajstić information content (AvgIpc) is 2.51. The molecule has 1 aromatic carbocycles. The van der Waals surface area contributed by atoms with Crippen LogP contribution in [0.4, 0.5) is 5.69 Å². The predicted octanol–water partition coefficient (Wildman–Crippen LogP) is 2.91. The fourth-order valence-corrected chi connectivity index (χ4v) is 2.54. The molecule has 0 spiro atoms. The molecule has 92 valence electrons. The topological polar surface area (TPSA) is 29.5 Å². The van der Waals surface area contributed by atoms with E-state index in [1.165, 1.54) is 0 Å². The number of halogens is 1. The number of methoxy groups -OCH3 is 1. The first-order chi connectivity index (χ1) is 7.94. The zero-order chi connectivity index (χ0) is 12.6.